The zero-order valence-corrected chi connectivity index (χ0v) is 11.6. The monoisotopic (exact) mass is 281 g/mol. The lowest BCUT2D eigenvalue weighted by Gasteiger charge is -2.11. The van der Waals surface area contributed by atoms with E-state index in [0.717, 1.165) is 5.56 Å². The van der Waals surface area contributed by atoms with Crippen molar-refractivity contribution in [3.63, 3.8) is 0 Å². The Hall–Kier alpha value is -1.96. The highest BCUT2D eigenvalue weighted by Crippen LogP contribution is 2.20. The van der Waals surface area contributed by atoms with E-state index in [2.05, 4.69) is 20.2 Å². The van der Waals surface area contributed by atoms with Crippen LogP contribution in [0.2, 0.25) is 0 Å². The average Bonchev–Trinajstić information content (AvgIpc) is 2.85. The van der Waals surface area contributed by atoms with Crippen LogP contribution in [-0.2, 0) is 10.0 Å². The SMILES string of the molecule is CCCS(=O)(=O)Nc1cc(-n2cnnn2)ccc1C. The lowest BCUT2D eigenvalue weighted by atomic mass is 10.2. The molecule has 8 heteroatoms. The van der Waals surface area contributed by atoms with Gasteiger partial charge < -0.3 is 0 Å². The Bertz CT molecular complexity index is 652. The van der Waals surface area contributed by atoms with Gasteiger partial charge in [-0.25, -0.2) is 13.1 Å². The van der Waals surface area contributed by atoms with Gasteiger partial charge in [-0.15, -0.1) is 5.10 Å². The van der Waals surface area contributed by atoms with Gasteiger partial charge >= 0.3 is 0 Å². The van der Waals surface area contributed by atoms with Crippen LogP contribution in [0.1, 0.15) is 18.9 Å². The third-order valence-electron chi connectivity index (χ3n) is 2.57. The summed E-state index contributed by atoms with van der Waals surface area (Å²) in [4.78, 5) is 0. The molecule has 19 heavy (non-hydrogen) atoms. The third kappa shape index (κ3) is 3.28. The van der Waals surface area contributed by atoms with Crippen LogP contribution in [-0.4, -0.2) is 34.4 Å². The Morgan fingerprint density at radius 2 is 2.16 bits per heavy atom. The highest BCUT2D eigenvalue weighted by atomic mass is 32.2. The Kier molecular flexibility index (Phi) is 3.79. The first-order valence-corrected chi connectivity index (χ1v) is 7.51. The highest BCUT2D eigenvalue weighted by Gasteiger charge is 2.11. The number of rotatable bonds is 5. The molecule has 0 amide bonds. The van der Waals surface area contributed by atoms with E-state index in [1.54, 1.807) is 6.07 Å². The molecule has 0 fully saturated rings. The number of hydrogen-bond donors (Lipinski definition) is 1. The predicted molar refractivity (Wildman–Crippen MR) is 71.6 cm³/mol. The molecule has 0 radical (unpaired) electrons. The molecular formula is C11H15N5O2S. The van der Waals surface area contributed by atoms with Gasteiger partial charge in [0.2, 0.25) is 10.0 Å². The first-order chi connectivity index (χ1) is 9.02. The van der Waals surface area contributed by atoms with Gasteiger partial charge in [0.25, 0.3) is 0 Å². The number of anilines is 1. The summed E-state index contributed by atoms with van der Waals surface area (Å²) in [7, 11) is -3.30. The largest absolute Gasteiger partial charge is 0.283 e. The van der Waals surface area contributed by atoms with Gasteiger partial charge in [0, 0.05) is 0 Å². The zero-order valence-electron chi connectivity index (χ0n) is 10.7. The van der Waals surface area contributed by atoms with Crippen molar-refractivity contribution >= 4 is 15.7 Å². The van der Waals surface area contributed by atoms with Crippen LogP contribution in [0.4, 0.5) is 5.69 Å². The fraction of sp³-hybridized carbons (Fsp3) is 0.364. The molecule has 1 aromatic heterocycles. The predicted octanol–water partition coefficient (Wildman–Crippen LogP) is 1.12. The van der Waals surface area contributed by atoms with Crippen molar-refractivity contribution in [2.45, 2.75) is 20.3 Å². The van der Waals surface area contributed by atoms with Gasteiger partial charge in [-0.3, -0.25) is 4.72 Å². The minimum absolute atomic E-state index is 0.0988. The number of hydrogen-bond acceptors (Lipinski definition) is 5. The second-order valence-electron chi connectivity index (χ2n) is 4.17. The van der Waals surface area contributed by atoms with Crippen LogP contribution in [0.5, 0.6) is 0 Å². The number of nitrogens with one attached hydrogen (secondary N) is 1. The second-order valence-corrected chi connectivity index (χ2v) is 6.02. The second kappa shape index (κ2) is 5.35. The summed E-state index contributed by atoms with van der Waals surface area (Å²) in [6.45, 7) is 3.66. The van der Waals surface area contributed by atoms with Crippen LogP contribution >= 0.6 is 0 Å². The maximum Gasteiger partial charge on any atom is 0.232 e. The average molecular weight is 281 g/mol. The summed E-state index contributed by atoms with van der Waals surface area (Å²) < 4.78 is 27.6. The molecule has 0 aliphatic rings. The van der Waals surface area contributed by atoms with Crippen molar-refractivity contribution in [3.8, 4) is 5.69 Å². The van der Waals surface area contributed by atoms with Crippen LogP contribution in [0, 0.1) is 6.92 Å². The molecule has 0 atom stereocenters. The van der Waals surface area contributed by atoms with Crippen molar-refractivity contribution < 1.29 is 8.42 Å². The van der Waals surface area contributed by atoms with E-state index in [1.807, 2.05) is 26.0 Å². The van der Waals surface area contributed by atoms with Crippen molar-refractivity contribution in [2.75, 3.05) is 10.5 Å². The van der Waals surface area contributed by atoms with E-state index in [-0.39, 0.29) is 5.75 Å². The van der Waals surface area contributed by atoms with Crippen LogP contribution < -0.4 is 4.72 Å². The lowest BCUT2D eigenvalue weighted by Crippen LogP contribution is -2.17. The number of sulfonamides is 1. The Balaban J connectivity index is 2.33. The highest BCUT2D eigenvalue weighted by molar-refractivity contribution is 7.92. The van der Waals surface area contributed by atoms with E-state index in [1.165, 1.54) is 11.0 Å². The van der Waals surface area contributed by atoms with Crippen LogP contribution in [0.3, 0.4) is 0 Å². The standard InChI is InChI=1S/C11H15N5O2S/c1-3-6-19(17,18)13-11-7-10(5-4-9(11)2)16-8-12-14-15-16/h4-5,7-8,13H,3,6H2,1-2H3. The Morgan fingerprint density at radius 1 is 1.37 bits per heavy atom. The molecule has 0 bridgehead atoms. The van der Waals surface area contributed by atoms with Gasteiger partial charge in [-0.2, -0.15) is 0 Å². The molecule has 0 aliphatic carbocycles. The normalized spacial score (nSPS) is 11.5. The first kappa shape index (κ1) is 13.5. The fourth-order valence-electron chi connectivity index (χ4n) is 1.63. The van der Waals surface area contributed by atoms with Crippen LogP contribution in [0.15, 0.2) is 24.5 Å². The molecule has 2 rings (SSSR count). The molecule has 1 heterocycles. The molecule has 7 nitrogen and oxygen atoms in total. The number of aryl methyl sites for hydroxylation is 1. The maximum absolute atomic E-state index is 11.8. The minimum Gasteiger partial charge on any atom is -0.283 e. The van der Waals surface area contributed by atoms with Crippen molar-refractivity contribution in [1.82, 2.24) is 20.2 Å². The number of tetrazole rings is 1. The molecule has 2 aromatic rings. The Morgan fingerprint density at radius 3 is 2.79 bits per heavy atom. The van der Waals surface area contributed by atoms with Gasteiger partial charge in [0.05, 0.1) is 17.1 Å². The van der Waals surface area contributed by atoms with Crippen molar-refractivity contribution in [1.29, 1.82) is 0 Å². The van der Waals surface area contributed by atoms with Gasteiger partial charge in [-0.1, -0.05) is 13.0 Å². The first-order valence-electron chi connectivity index (χ1n) is 5.86. The molecule has 102 valence electrons. The number of benzene rings is 1. The summed E-state index contributed by atoms with van der Waals surface area (Å²) in [5.41, 5.74) is 2.09. The van der Waals surface area contributed by atoms with Gasteiger partial charge in [-0.05, 0) is 41.5 Å². The maximum atomic E-state index is 11.8. The smallest absolute Gasteiger partial charge is 0.232 e. The van der Waals surface area contributed by atoms with Gasteiger partial charge in [0.1, 0.15) is 6.33 Å². The summed E-state index contributed by atoms with van der Waals surface area (Å²) in [5.74, 6) is 0.0988. The van der Waals surface area contributed by atoms with Crippen LogP contribution in [0.25, 0.3) is 5.69 Å². The Labute approximate surface area is 111 Å². The van der Waals surface area contributed by atoms with Crippen molar-refractivity contribution in [2.24, 2.45) is 0 Å². The van der Waals surface area contributed by atoms with E-state index >= 15 is 0 Å². The number of aromatic nitrogens is 4. The molecule has 1 aromatic carbocycles. The third-order valence-corrected chi connectivity index (χ3v) is 4.05. The molecule has 0 spiro atoms. The summed E-state index contributed by atoms with van der Waals surface area (Å²) in [6, 6.07) is 5.35. The summed E-state index contributed by atoms with van der Waals surface area (Å²) >= 11 is 0. The lowest BCUT2D eigenvalue weighted by molar-refractivity contribution is 0.600. The minimum atomic E-state index is -3.30. The molecular weight excluding hydrogens is 266 g/mol. The zero-order chi connectivity index (χ0) is 13.9. The molecule has 1 N–H and O–H groups in total. The summed E-state index contributed by atoms with van der Waals surface area (Å²) in [6.07, 6.45) is 2.02. The quantitative estimate of drug-likeness (QED) is 0.887. The summed E-state index contributed by atoms with van der Waals surface area (Å²) in [5, 5.41) is 10.9. The van der Waals surface area contributed by atoms with E-state index < -0.39 is 10.0 Å². The molecule has 0 aliphatic heterocycles. The molecule has 0 unspecified atom stereocenters. The fourth-order valence-corrected chi connectivity index (χ4v) is 2.82. The van der Waals surface area contributed by atoms with E-state index in [4.69, 9.17) is 0 Å². The molecule has 0 saturated carbocycles. The van der Waals surface area contributed by atoms with Crippen molar-refractivity contribution in [3.05, 3.63) is 30.1 Å². The topological polar surface area (TPSA) is 89.8 Å². The number of nitrogens with zero attached hydrogens (tertiary/aromatic N) is 4. The van der Waals surface area contributed by atoms with Gasteiger partial charge in [0.15, 0.2) is 0 Å². The molecule has 0 saturated heterocycles. The van der Waals surface area contributed by atoms with E-state index in [9.17, 15) is 8.42 Å². The van der Waals surface area contributed by atoms with E-state index in [0.29, 0.717) is 17.8 Å².